The summed E-state index contributed by atoms with van der Waals surface area (Å²) in [5, 5.41) is 1.37. The van der Waals surface area contributed by atoms with Gasteiger partial charge in [0.15, 0.2) is 0 Å². The molecule has 0 bridgehead atoms. The Hall–Kier alpha value is -0.770. The fourth-order valence-electron chi connectivity index (χ4n) is 0.674. The van der Waals surface area contributed by atoms with E-state index in [9.17, 15) is 4.79 Å². The molecule has 0 aromatic heterocycles. The molecule has 0 aliphatic rings. The molecule has 0 unspecified atom stereocenters. The van der Waals surface area contributed by atoms with Gasteiger partial charge in [0.05, 0.1) is 0 Å². The van der Waals surface area contributed by atoms with E-state index in [1.165, 1.54) is 5.01 Å². The van der Waals surface area contributed by atoms with Crippen LogP contribution >= 0.6 is 0 Å². The lowest BCUT2D eigenvalue weighted by Crippen LogP contribution is -2.43. The Morgan fingerprint density at radius 3 is 2.38 bits per heavy atom. The Kier molecular flexibility index (Phi) is 4.77. The van der Waals surface area contributed by atoms with E-state index in [0.717, 1.165) is 13.0 Å². The molecule has 1 amide bonds. The summed E-state index contributed by atoms with van der Waals surface area (Å²) in [6.45, 7) is 8.35. The molecule has 0 aromatic rings. The molecule has 0 rings (SSSR count). The summed E-state index contributed by atoms with van der Waals surface area (Å²) in [6, 6.07) is 0. The monoisotopic (exact) mass is 188 g/mol. The number of nitrogens with one attached hydrogen (secondary N) is 1. The summed E-state index contributed by atoms with van der Waals surface area (Å²) >= 11 is 0. The van der Waals surface area contributed by atoms with Crippen molar-refractivity contribution in [1.82, 2.24) is 10.4 Å². The Morgan fingerprint density at radius 2 is 2.00 bits per heavy atom. The largest absolute Gasteiger partial charge is 0.443 e. The fraction of sp³-hybridized carbons (Fsp3) is 0.889. The quantitative estimate of drug-likeness (QED) is 0.686. The summed E-state index contributed by atoms with van der Waals surface area (Å²) in [4.78, 5) is 11.3. The molecule has 4 heteroatoms. The van der Waals surface area contributed by atoms with Gasteiger partial charge in [-0.3, -0.25) is 0 Å². The first kappa shape index (κ1) is 12.2. The van der Waals surface area contributed by atoms with Crippen LogP contribution in [-0.4, -0.2) is 30.3 Å². The molecule has 0 aliphatic carbocycles. The predicted octanol–water partition coefficient (Wildman–Crippen LogP) is 1.77. The van der Waals surface area contributed by atoms with Crippen molar-refractivity contribution >= 4 is 6.09 Å². The van der Waals surface area contributed by atoms with E-state index in [-0.39, 0.29) is 6.09 Å². The molecular formula is C9H20N2O2. The van der Waals surface area contributed by atoms with E-state index in [1.54, 1.807) is 7.05 Å². The summed E-state index contributed by atoms with van der Waals surface area (Å²) in [5.41, 5.74) is 2.48. The molecule has 0 saturated heterocycles. The van der Waals surface area contributed by atoms with E-state index < -0.39 is 5.60 Å². The van der Waals surface area contributed by atoms with Gasteiger partial charge in [0.2, 0.25) is 0 Å². The second-order valence-corrected chi connectivity index (χ2v) is 3.95. The van der Waals surface area contributed by atoms with Crippen LogP contribution in [0.5, 0.6) is 0 Å². The lowest BCUT2D eigenvalue weighted by atomic mass is 10.2. The van der Waals surface area contributed by atoms with E-state index in [4.69, 9.17) is 4.74 Å². The highest BCUT2D eigenvalue weighted by Crippen LogP contribution is 2.07. The summed E-state index contributed by atoms with van der Waals surface area (Å²) in [7, 11) is 1.66. The second-order valence-electron chi connectivity index (χ2n) is 3.95. The van der Waals surface area contributed by atoms with Gasteiger partial charge in [-0.05, 0) is 27.2 Å². The van der Waals surface area contributed by atoms with Crippen LogP contribution in [0, 0.1) is 0 Å². The topological polar surface area (TPSA) is 41.6 Å². The lowest BCUT2D eigenvalue weighted by Gasteiger charge is -2.24. The average Bonchev–Trinajstić information content (AvgIpc) is 1.96. The third-order valence-corrected chi connectivity index (χ3v) is 1.27. The summed E-state index contributed by atoms with van der Waals surface area (Å²) in [6.07, 6.45) is 0.633. The molecule has 0 radical (unpaired) electrons. The predicted molar refractivity (Wildman–Crippen MR) is 52.3 cm³/mol. The smallest absolute Gasteiger partial charge is 0.424 e. The maximum absolute atomic E-state index is 11.3. The third kappa shape index (κ3) is 6.40. The normalized spacial score (nSPS) is 11.2. The Labute approximate surface area is 80.2 Å². The van der Waals surface area contributed by atoms with Crippen molar-refractivity contribution in [2.45, 2.75) is 39.7 Å². The minimum atomic E-state index is -0.431. The number of nitrogens with zero attached hydrogens (tertiary/aromatic N) is 1. The maximum Gasteiger partial charge on any atom is 0.424 e. The highest BCUT2D eigenvalue weighted by Gasteiger charge is 2.18. The van der Waals surface area contributed by atoms with Crippen molar-refractivity contribution in [3.05, 3.63) is 0 Å². The molecule has 0 spiro atoms. The maximum atomic E-state index is 11.3. The molecule has 0 aliphatic heterocycles. The number of carbonyl (C=O) groups is 1. The van der Waals surface area contributed by atoms with Crippen molar-refractivity contribution in [3.8, 4) is 0 Å². The van der Waals surface area contributed by atoms with Crippen LogP contribution in [0.3, 0.4) is 0 Å². The number of hydrazine groups is 1. The highest BCUT2D eigenvalue weighted by molar-refractivity contribution is 5.67. The number of amides is 1. The van der Waals surface area contributed by atoms with Crippen LogP contribution < -0.4 is 5.43 Å². The first-order chi connectivity index (χ1) is 5.87. The molecule has 0 fully saturated rings. The van der Waals surface area contributed by atoms with Gasteiger partial charge in [-0.25, -0.2) is 15.2 Å². The van der Waals surface area contributed by atoms with Crippen molar-refractivity contribution in [3.63, 3.8) is 0 Å². The van der Waals surface area contributed by atoms with Crippen LogP contribution in [-0.2, 0) is 4.74 Å². The standard InChI is InChI=1S/C9H20N2O2/c1-6-7-10-11(5)8(12)13-9(2,3)4/h10H,6-7H2,1-5H3. The number of rotatable bonds is 3. The minimum absolute atomic E-state index is 0.346. The zero-order chi connectivity index (χ0) is 10.5. The number of hydrogen-bond acceptors (Lipinski definition) is 3. The van der Waals surface area contributed by atoms with E-state index in [1.807, 2.05) is 27.7 Å². The van der Waals surface area contributed by atoms with Gasteiger partial charge < -0.3 is 4.74 Å². The summed E-state index contributed by atoms with van der Waals surface area (Å²) in [5.74, 6) is 0. The van der Waals surface area contributed by atoms with Crippen molar-refractivity contribution in [1.29, 1.82) is 0 Å². The zero-order valence-electron chi connectivity index (χ0n) is 9.18. The van der Waals surface area contributed by atoms with E-state index in [0.29, 0.717) is 0 Å². The molecule has 78 valence electrons. The Morgan fingerprint density at radius 1 is 1.46 bits per heavy atom. The molecule has 13 heavy (non-hydrogen) atoms. The van der Waals surface area contributed by atoms with Gasteiger partial charge in [0.1, 0.15) is 5.60 Å². The van der Waals surface area contributed by atoms with Crippen molar-refractivity contribution < 1.29 is 9.53 Å². The van der Waals surface area contributed by atoms with Crippen molar-refractivity contribution in [2.75, 3.05) is 13.6 Å². The van der Waals surface area contributed by atoms with Gasteiger partial charge >= 0.3 is 6.09 Å². The van der Waals surface area contributed by atoms with Crippen LogP contribution in [0.15, 0.2) is 0 Å². The Balaban J connectivity index is 3.83. The van der Waals surface area contributed by atoms with Gasteiger partial charge in [-0.1, -0.05) is 6.92 Å². The molecule has 0 aromatic carbocycles. The van der Waals surface area contributed by atoms with Gasteiger partial charge in [0, 0.05) is 13.6 Å². The van der Waals surface area contributed by atoms with Gasteiger partial charge in [-0.15, -0.1) is 0 Å². The molecule has 0 atom stereocenters. The first-order valence-electron chi connectivity index (χ1n) is 4.57. The lowest BCUT2D eigenvalue weighted by molar-refractivity contribution is 0.0203. The van der Waals surface area contributed by atoms with Crippen LogP contribution in [0.25, 0.3) is 0 Å². The fourth-order valence-corrected chi connectivity index (χ4v) is 0.674. The van der Waals surface area contributed by atoms with Crippen LogP contribution in [0.4, 0.5) is 4.79 Å². The average molecular weight is 188 g/mol. The minimum Gasteiger partial charge on any atom is -0.443 e. The first-order valence-corrected chi connectivity index (χ1v) is 4.57. The Bertz CT molecular complexity index is 163. The number of carbonyl (C=O) groups excluding carboxylic acids is 1. The second kappa shape index (κ2) is 5.07. The molecular weight excluding hydrogens is 168 g/mol. The molecule has 4 nitrogen and oxygen atoms in total. The number of hydrogen-bond donors (Lipinski definition) is 1. The van der Waals surface area contributed by atoms with E-state index >= 15 is 0 Å². The number of ether oxygens (including phenoxy) is 1. The van der Waals surface area contributed by atoms with Crippen LogP contribution in [0.1, 0.15) is 34.1 Å². The molecule has 1 N–H and O–H groups in total. The molecule has 0 heterocycles. The molecule has 0 saturated carbocycles. The van der Waals surface area contributed by atoms with Gasteiger partial charge in [-0.2, -0.15) is 0 Å². The van der Waals surface area contributed by atoms with E-state index in [2.05, 4.69) is 5.43 Å². The SMILES string of the molecule is CCCNN(C)C(=O)OC(C)(C)C. The van der Waals surface area contributed by atoms with Gasteiger partial charge in [0.25, 0.3) is 0 Å². The van der Waals surface area contributed by atoms with Crippen molar-refractivity contribution in [2.24, 2.45) is 0 Å². The third-order valence-electron chi connectivity index (χ3n) is 1.27. The summed E-state index contributed by atoms with van der Waals surface area (Å²) < 4.78 is 5.12. The zero-order valence-corrected chi connectivity index (χ0v) is 9.18. The highest BCUT2D eigenvalue weighted by atomic mass is 16.6. The van der Waals surface area contributed by atoms with Crippen LogP contribution in [0.2, 0.25) is 0 Å².